The number of nitrogens with one attached hydrogen (secondary N) is 1. The predicted molar refractivity (Wildman–Crippen MR) is 62.6 cm³/mol. The van der Waals surface area contributed by atoms with Crippen LogP contribution in [0.15, 0.2) is 0 Å². The van der Waals surface area contributed by atoms with Crippen LogP contribution < -0.4 is 5.32 Å². The molecule has 0 aromatic carbocycles. The summed E-state index contributed by atoms with van der Waals surface area (Å²) >= 11 is 0. The molecule has 0 radical (unpaired) electrons. The van der Waals surface area contributed by atoms with Crippen molar-refractivity contribution < 1.29 is 0 Å². The molecule has 0 aliphatic carbocycles. The highest BCUT2D eigenvalue weighted by molar-refractivity contribution is 4.89. The van der Waals surface area contributed by atoms with E-state index in [0.29, 0.717) is 11.6 Å². The Hall–Kier alpha value is -0.0800. The van der Waals surface area contributed by atoms with Gasteiger partial charge in [0.15, 0.2) is 0 Å². The molecular weight excluding hydrogens is 172 g/mol. The molecule has 0 bridgehead atoms. The Kier molecular flexibility index (Phi) is 4.39. The van der Waals surface area contributed by atoms with E-state index in [4.69, 9.17) is 0 Å². The van der Waals surface area contributed by atoms with E-state index >= 15 is 0 Å². The third kappa shape index (κ3) is 2.96. The summed E-state index contributed by atoms with van der Waals surface area (Å²) in [6.07, 6.45) is 3.89. The van der Waals surface area contributed by atoms with Crippen molar-refractivity contribution in [3.63, 3.8) is 0 Å². The zero-order valence-corrected chi connectivity index (χ0v) is 10.3. The van der Waals surface area contributed by atoms with Gasteiger partial charge in [-0.15, -0.1) is 0 Å². The number of nitrogens with zero attached hydrogens (tertiary/aromatic N) is 1. The van der Waals surface area contributed by atoms with Gasteiger partial charge in [-0.25, -0.2) is 0 Å². The Morgan fingerprint density at radius 1 is 1.43 bits per heavy atom. The van der Waals surface area contributed by atoms with E-state index < -0.39 is 0 Å². The van der Waals surface area contributed by atoms with Crippen LogP contribution in [0.4, 0.5) is 0 Å². The maximum Gasteiger partial charge on any atom is 0.0197 e. The lowest BCUT2D eigenvalue weighted by atomic mass is 9.96. The molecule has 1 saturated heterocycles. The molecule has 84 valence electrons. The molecule has 1 fully saturated rings. The minimum atomic E-state index is 0.373. The van der Waals surface area contributed by atoms with Gasteiger partial charge in [0.25, 0.3) is 0 Å². The molecule has 1 atom stereocenters. The average Bonchev–Trinajstić information content (AvgIpc) is 2.23. The second-order valence-corrected chi connectivity index (χ2v) is 5.16. The summed E-state index contributed by atoms with van der Waals surface area (Å²) in [5, 5.41) is 3.52. The van der Waals surface area contributed by atoms with Crippen LogP contribution in [0.5, 0.6) is 0 Å². The molecule has 0 spiro atoms. The lowest BCUT2D eigenvalue weighted by molar-refractivity contribution is 0.0842. The SMILES string of the molecule is CCCCN1C(C)CNCCC1(C)C. The van der Waals surface area contributed by atoms with Gasteiger partial charge >= 0.3 is 0 Å². The van der Waals surface area contributed by atoms with Crippen LogP contribution in [0.2, 0.25) is 0 Å². The molecule has 2 heteroatoms. The van der Waals surface area contributed by atoms with Crippen molar-refractivity contribution in [3.05, 3.63) is 0 Å². The van der Waals surface area contributed by atoms with E-state index in [-0.39, 0.29) is 0 Å². The smallest absolute Gasteiger partial charge is 0.0197 e. The largest absolute Gasteiger partial charge is 0.315 e. The van der Waals surface area contributed by atoms with Crippen molar-refractivity contribution in [1.29, 1.82) is 0 Å². The first-order valence-corrected chi connectivity index (χ1v) is 6.05. The fraction of sp³-hybridized carbons (Fsp3) is 1.00. The highest BCUT2D eigenvalue weighted by Crippen LogP contribution is 2.23. The first-order chi connectivity index (χ1) is 6.58. The van der Waals surface area contributed by atoms with Gasteiger partial charge in [0, 0.05) is 18.1 Å². The summed E-state index contributed by atoms with van der Waals surface area (Å²) in [5.41, 5.74) is 0.373. The van der Waals surface area contributed by atoms with Crippen LogP contribution in [0.1, 0.15) is 47.0 Å². The lowest BCUT2D eigenvalue weighted by Crippen LogP contribution is -2.49. The molecule has 14 heavy (non-hydrogen) atoms. The summed E-state index contributed by atoms with van der Waals surface area (Å²) < 4.78 is 0. The second-order valence-electron chi connectivity index (χ2n) is 5.16. The van der Waals surface area contributed by atoms with Crippen molar-refractivity contribution in [2.24, 2.45) is 0 Å². The summed E-state index contributed by atoms with van der Waals surface area (Å²) in [6.45, 7) is 12.9. The van der Waals surface area contributed by atoms with Crippen LogP contribution in [-0.2, 0) is 0 Å². The minimum Gasteiger partial charge on any atom is -0.315 e. The number of rotatable bonds is 3. The van der Waals surface area contributed by atoms with Gasteiger partial charge in [-0.05, 0) is 46.7 Å². The van der Waals surface area contributed by atoms with Crippen molar-refractivity contribution in [2.75, 3.05) is 19.6 Å². The van der Waals surface area contributed by atoms with Gasteiger partial charge in [0.2, 0.25) is 0 Å². The molecule has 0 aromatic rings. The molecule has 0 saturated carbocycles. The average molecular weight is 198 g/mol. The van der Waals surface area contributed by atoms with Crippen molar-refractivity contribution in [1.82, 2.24) is 10.2 Å². The molecule has 0 aromatic heterocycles. The Morgan fingerprint density at radius 3 is 2.79 bits per heavy atom. The van der Waals surface area contributed by atoms with Crippen LogP contribution in [0.25, 0.3) is 0 Å². The van der Waals surface area contributed by atoms with Gasteiger partial charge in [-0.3, -0.25) is 4.90 Å². The van der Waals surface area contributed by atoms with Gasteiger partial charge in [-0.1, -0.05) is 13.3 Å². The summed E-state index contributed by atoms with van der Waals surface area (Å²) in [6, 6.07) is 0.680. The van der Waals surface area contributed by atoms with E-state index in [2.05, 4.69) is 37.9 Å². The van der Waals surface area contributed by atoms with E-state index in [0.717, 1.165) is 6.54 Å². The van der Waals surface area contributed by atoms with Crippen molar-refractivity contribution in [3.8, 4) is 0 Å². The quantitative estimate of drug-likeness (QED) is 0.748. The van der Waals surface area contributed by atoms with E-state index in [1.807, 2.05) is 0 Å². The second kappa shape index (κ2) is 5.13. The Labute approximate surface area is 89.1 Å². The third-order valence-corrected chi connectivity index (χ3v) is 3.42. The van der Waals surface area contributed by atoms with E-state index in [1.54, 1.807) is 0 Å². The van der Waals surface area contributed by atoms with Gasteiger partial charge in [0.1, 0.15) is 0 Å². The standard InChI is InChI=1S/C12H26N2/c1-5-6-9-14-11(2)10-13-8-7-12(14,3)4/h11,13H,5-10H2,1-4H3. The normalized spacial score (nSPS) is 28.7. The third-order valence-electron chi connectivity index (χ3n) is 3.42. The van der Waals surface area contributed by atoms with E-state index in [1.165, 1.54) is 32.4 Å². The molecule has 2 nitrogen and oxygen atoms in total. The zero-order valence-electron chi connectivity index (χ0n) is 10.3. The Morgan fingerprint density at radius 2 is 2.14 bits per heavy atom. The zero-order chi connectivity index (χ0) is 10.6. The van der Waals surface area contributed by atoms with Crippen LogP contribution >= 0.6 is 0 Å². The van der Waals surface area contributed by atoms with Crippen molar-refractivity contribution in [2.45, 2.75) is 58.5 Å². The predicted octanol–water partition coefficient (Wildman–Crippen LogP) is 2.25. The lowest BCUT2D eigenvalue weighted by Gasteiger charge is -2.40. The molecule has 1 aliphatic rings. The monoisotopic (exact) mass is 198 g/mol. The fourth-order valence-corrected chi connectivity index (χ4v) is 2.41. The van der Waals surface area contributed by atoms with Gasteiger partial charge < -0.3 is 5.32 Å². The molecular formula is C12H26N2. The summed E-state index contributed by atoms with van der Waals surface area (Å²) in [4.78, 5) is 2.68. The van der Waals surface area contributed by atoms with Gasteiger partial charge in [0.05, 0.1) is 0 Å². The Balaban J connectivity index is 2.61. The maximum absolute atomic E-state index is 3.52. The molecule has 1 unspecified atom stereocenters. The maximum atomic E-state index is 3.52. The minimum absolute atomic E-state index is 0.373. The first kappa shape index (κ1) is 12.0. The van der Waals surface area contributed by atoms with E-state index in [9.17, 15) is 0 Å². The molecule has 1 N–H and O–H groups in total. The molecule has 1 heterocycles. The van der Waals surface area contributed by atoms with Crippen molar-refractivity contribution >= 4 is 0 Å². The summed E-state index contributed by atoms with van der Waals surface area (Å²) in [5.74, 6) is 0. The molecule has 1 rings (SSSR count). The summed E-state index contributed by atoms with van der Waals surface area (Å²) in [7, 11) is 0. The number of hydrogen-bond acceptors (Lipinski definition) is 2. The number of unbranched alkanes of at least 4 members (excludes halogenated alkanes) is 1. The van der Waals surface area contributed by atoms with Crippen LogP contribution in [0, 0.1) is 0 Å². The van der Waals surface area contributed by atoms with Gasteiger partial charge in [-0.2, -0.15) is 0 Å². The first-order valence-electron chi connectivity index (χ1n) is 6.05. The highest BCUT2D eigenvalue weighted by atomic mass is 15.2. The van der Waals surface area contributed by atoms with Crippen LogP contribution in [-0.4, -0.2) is 36.1 Å². The van der Waals surface area contributed by atoms with Crippen LogP contribution in [0.3, 0.4) is 0 Å². The Bertz CT molecular complexity index is 166. The molecule has 0 amide bonds. The fourth-order valence-electron chi connectivity index (χ4n) is 2.41. The topological polar surface area (TPSA) is 15.3 Å². The molecule has 1 aliphatic heterocycles. The highest BCUT2D eigenvalue weighted by Gasteiger charge is 2.31. The number of hydrogen-bond donors (Lipinski definition) is 1.